The van der Waals surface area contributed by atoms with E-state index in [0.717, 1.165) is 111 Å². The van der Waals surface area contributed by atoms with E-state index in [-0.39, 0.29) is 0 Å². The van der Waals surface area contributed by atoms with Crippen molar-refractivity contribution in [2.75, 3.05) is 9.80 Å². The van der Waals surface area contributed by atoms with Gasteiger partial charge in [0.25, 0.3) is 0 Å². The lowest BCUT2D eigenvalue weighted by molar-refractivity contribution is 0.671. The van der Waals surface area contributed by atoms with Crippen LogP contribution in [0, 0.1) is 6.92 Å². The van der Waals surface area contributed by atoms with E-state index in [4.69, 9.17) is 4.42 Å². The summed E-state index contributed by atoms with van der Waals surface area (Å²) in [7, 11) is 0. The summed E-state index contributed by atoms with van der Waals surface area (Å²) in [4.78, 5) is 4.81. The molecule has 71 heavy (non-hydrogen) atoms. The van der Waals surface area contributed by atoms with Gasteiger partial charge < -0.3 is 18.8 Å². The van der Waals surface area contributed by atoms with Crippen LogP contribution in [-0.4, -0.2) is 4.57 Å². The third-order valence-corrected chi connectivity index (χ3v) is 13.8. The summed E-state index contributed by atoms with van der Waals surface area (Å²) in [5, 5.41) is 4.43. The lowest BCUT2D eigenvalue weighted by atomic mass is 9.95. The van der Waals surface area contributed by atoms with Crippen molar-refractivity contribution in [3.63, 3.8) is 0 Å². The van der Waals surface area contributed by atoms with Crippen LogP contribution in [0.3, 0.4) is 0 Å². The summed E-state index contributed by atoms with van der Waals surface area (Å²) in [6.45, 7) is 2.14. The molecule has 0 spiro atoms. The number of para-hydroxylation sites is 5. The molecule has 2 aromatic heterocycles. The highest BCUT2D eigenvalue weighted by Gasteiger charge is 2.26. The molecule has 4 nitrogen and oxygen atoms in total. The molecule has 0 saturated heterocycles. The predicted molar refractivity (Wildman–Crippen MR) is 298 cm³/mol. The maximum atomic E-state index is 7.15. The number of benzene rings is 11. The van der Waals surface area contributed by atoms with Crippen LogP contribution in [0.2, 0.25) is 0 Å². The van der Waals surface area contributed by atoms with Gasteiger partial charge in [0.1, 0.15) is 5.58 Å². The van der Waals surface area contributed by atoms with Crippen LogP contribution in [0.15, 0.2) is 271 Å². The molecule has 0 amide bonds. The largest absolute Gasteiger partial charge is 0.454 e. The Morgan fingerprint density at radius 2 is 0.887 bits per heavy atom. The molecule has 0 aliphatic rings. The molecule has 0 unspecified atom stereocenters. The molecular formula is C67H47N3O. The van der Waals surface area contributed by atoms with Crippen molar-refractivity contribution in [3.8, 4) is 39.1 Å². The summed E-state index contributed by atoms with van der Waals surface area (Å²) >= 11 is 0. The van der Waals surface area contributed by atoms with Crippen LogP contribution in [0.5, 0.6) is 0 Å². The molecule has 0 N–H and O–H groups in total. The first-order chi connectivity index (χ1) is 35.1. The highest BCUT2D eigenvalue weighted by molar-refractivity contribution is 6.26. The van der Waals surface area contributed by atoms with Crippen LogP contribution >= 0.6 is 0 Å². The Hall–Kier alpha value is -9.38. The fourth-order valence-corrected chi connectivity index (χ4v) is 10.5. The minimum atomic E-state index is 0.848. The van der Waals surface area contributed by atoms with Gasteiger partial charge in [-0.1, -0.05) is 181 Å². The molecule has 336 valence electrons. The first kappa shape index (κ1) is 41.8. The normalized spacial score (nSPS) is 11.5. The van der Waals surface area contributed by atoms with E-state index in [1.165, 1.54) is 11.1 Å². The monoisotopic (exact) mass is 909 g/mol. The Morgan fingerprint density at radius 3 is 1.58 bits per heavy atom. The molecule has 11 aromatic carbocycles. The number of aromatic nitrogens is 1. The zero-order valence-electron chi connectivity index (χ0n) is 39.2. The van der Waals surface area contributed by atoms with Gasteiger partial charge in [-0.3, -0.25) is 0 Å². The van der Waals surface area contributed by atoms with Gasteiger partial charge in [-0.2, -0.15) is 0 Å². The van der Waals surface area contributed by atoms with Gasteiger partial charge in [0, 0.05) is 61.2 Å². The second-order valence-corrected chi connectivity index (χ2v) is 18.2. The Morgan fingerprint density at radius 1 is 0.352 bits per heavy atom. The van der Waals surface area contributed by atoms with Crippen LogP contribution in [-0.2, 0) is 0 Å². The van der Waals surface area contributed by atoms with Gasteiger partial charge in [0.05, 0.1) is 16.7 Å². The lowest BCUT2D eigenvalue weighted by Gasteiger charge is -2.31. The summed E-state index contributed by atoms with van der Waals surface area (Å²) < 4.78 is 9.53. The first-order valence-electron chi connectivity index (χ1n) is 24.2. The van der Waals surface area contributed by atoms with E-state index in [1.54, 1.807) is 0 Å². The van der Waals surface area contributed by atoms with Crippen molar-refractivity contribution in [1.29, 1.82) is 0 Å². The number of hydrogen-bond acceptors (Lipinski definition) is 3. The van der Waals surface area contributed by atoms with E-state index in [2.05, 4.69) is 288 Å². The average Bonchev–Trinajstić information content (AvgIpc) is 3.99. The summed E-state index contributed by atoms with van der Waals surface area (Å²) in [6.07, 6.45) is 0. The molecule has 0 aliphatic heterocycles. The Bertz CT molecular complexity index is 3990. The molecule has 0 fully saturated rings. The van der Waals surface area contributed by atoms with Crippen molar-refractivity contribution in [2.45, 2.75) is 6.92 Å². The summed E-state index contributed by atoms with van der Waals surface area (Å²) in [6, 6.07) is 96.1. The number of nitrogens with zero attached hydrogens (tertiary/aromatic N) is 3. The van der Waals surface area contributed by atoms with E-state index >= 15 is 0 Å². The first-order valence-corrected chi connectivity index (χ1v) is 24.2. The Kier molecular flexibility index (Phi) is 10.4. The highest BCUT2D eigenvalue weighted by atomic mass is 16.3. The smallest absolute Gasteiger partial charge is 0.160 e. The quantitative estimate of drug-likeness (QED) is 0.137. The van der Waals surface area contributed by atoms with Gasteiger partial charge in [-0.25, -0.2) is 0 Å². The van der Waals surface area contributed by atoms with E-state index in [1.807, 2.05) is 0 Å². The Balaban J connectivity index is 1.15. The highest BCUT2D eigenvalue weighted by Crippen LogP contribution is 2.50. The minimum Gasteiger partial charge on any atom is -0.454 e. The van der Waals surface area contributed by atoms with Crippen LogP contribution < -0.4 is 9.80 Å². The van der Waals surface area contributed by atoms with Crippen molar-refractivity contribution >= 4 is 77.9 Å². The molecule has 13 rings (SSSR count). The molecule has 0 bridgehead atoms. The average molecular weight is 910 g/mol. The van der Waals surface area contributed by atoms with Crippen LogP contribution in [0.4, 0.5) is 34.1 Å². The molecule has 0 radical (unpaired) electrons. The summed E-state index contributed by atoms with van der Waals surface area (Å²) in [5.74, 6) is 0. The van der Waals surface area contributed by atoms with Crippen molar-refractivity contribution in [2.24, 2.45) is 0 Å². The van der Waals surface area contributed by atoms with Gasteiger partial charge in [0.2, 0.25) is 0 Å². The fourth-order valence-electron chi connectivity index (χ4n) is 10.5. The molecule has 0 atom stereocenters. The minimum absolute atomic E-state index is 0.848. The van der Waals surface area contributed by atoms with Crippen molar-refractivity contribution < 1.29 is 4.42 Å². The number of hydrogen-bond donors (Lipinski definition) is 0. The number of fused-ring (bicyclic) bond motifs is 7. The third-order valence-electron chi connectivity index (χ3n) is 13.8. The van der Waals surface area contributed by atoms with Gasteiger partial charge in [-0.05, 0) is 126 Å². The maximum absolute atomic E-state index is 7.15. The third kappa shape index (κ3) is 7.41. The number of aryl methyl sites for hydroxylation is 1. The summed E-state index contributed by atoms with van der Waals surface area (Å²) in [5.41, 5.74) is 19.2. The number of rotatable bonds is 10. The molecule has 2 heterocycles. The van der Waals surface area contributed by atoms with E-state index < -0.39 is 0 Å². The molecular weight excluding hydrogens is 863 g/mol. The number of furan rings is 1. The van der Waals surface area contributed by atoms with Crippen molar-refractivity contribution in [1.82, 2.24) is 4.57 Å². The van der Waals surface area contributed by atoms with E-state index in [0.29, 0.717) is 0 Å². The van der Waals surface area contributed by atoms with Gasteiger partial charge in [-0.15, -0.1) is 0 Å². The topological polar surface area (TPSA) is 24.6 Å². The Labute approximate surface area is 413 Å². The second kappa shape index (κ2) is 17.6. The standard InChI is InChI=1S/C67H47N3O/c1-46-34-38-54(39-35-46)70-63-32-18-15-29-58(63)61-45-60(65-59-30-16-19-33-64(59)71-67(65)66(61)70)50-42-55(68(51-24-10-4-11-25-51)52-26-12-5-13-27-52)44-56(43-50)69(53-40-36-48(37-41-53)47-20-6-2-7-21-47)62-31-17-14-28-57(62)49-22-8-3-9-23-49/h2-45H,1H3. The molecule has 13 aromatic rings. The SMILES string of the molecule is Cc1ccc(-n2c3ccccc3c3cc(-c4cc(N(c5ccccc5)c5ccccc5)cc(N(c5ccc(-c6ccccc6)cc5)c5ccccc5-c5ccccc5)c4)c4c5ccccc5oc4c32)cc1. The number of anilines is 6. The van der Waals surface area contributed by atoms with Crippen LogP contribution in [0.25, 0.3) is 82.8 Å². The zero-order valence-corrected chi connectivity index (χ0v) is 39.2. The second-order valence-electron chi connectivity index (χ2n) is 18.2. The maximum Gasteiger partial charge on any atom is 0.160 e. The predicted octanol–water partition coefficient (Wildman–Crippen LogP) is 18.9. The lowest BCUT2D eigenvalue weighted by Crippen LogP contribution is -2.14. The fraction of sp³-hybridized carbons (Fsp3) is 0.0149. The van der Waals surface area contributed by atoms with E-state index in [9.17, 15) is 0 Å². The van der Waals surface area contributed by atoms with Crippen LogP contribution in [0.1, 0.15) is 5.56 Å². The molecule has 0 aliphatic carbocycles. The van der Waals surface area contributed by atoms with Crippen molar-refractivity contribution in [3.05, 3.63) is 272 Å². The molecule has 0 saturated carbocycles. The van der Waals surface area contributed by atoms with Gasteiger partial charge >= 0.3 is 0 Å². The van der Waals surface area contributed by atoms with Gasteiger partial charge in [0.15, 0.2) is 5.58 Å². The zero-order chi connectivity index (χ0) is 47.3. The molecule has 4 heteroatoms.